The molecule has 0 spiro atoms. The lowest BCUT2D eigenvalue weighted by atomic mass is 10.1. The van der Waals surface area contributed by atoms with Gasteiger partial charge in [0, 0.05) is 18.8 Å². The Labute approximate surface area is 136 Å². The molecule has 0 amide bonds. The SMILES string of the molecule is Cc1ccc(N(CCC(=O)O)Cc2cccc(C#N)c2)c(C)c1. The number of rotatable bonds is 6. The fraction of sp³-hybridized carbons (Fsp3) is 0.263. The average Bonchev–Trinajstić information content (AvgIpc) is 2.52. The number of anilines is 1. The lowest BCUT2D eigenvalue weighted by Crippen LogP contribution is -2.26. The van der Waals surface area contributed by atoms with Gasteiger partial charge in [-0.15, -0.1) is 0 Å². The molecule has 0 aliphatic rings. The Kier molecular flexibility index (Phi) is 5.37. The van der Waals surface area contributed by atoms with Crippen molar-refractivity contribution in [1.29, 1.82) is 5.26 Å². The summed E-state index contributed by atoms with van der Waals surface area (Å²) in [5.74, 6) is -0.814. The highest BCUT2D eigenvalue weighted by Gasteiger charge is 2.12. The number of nitrogens with zero attached hydrogens (tertiary/aromatic N) is 2. The fourth-order valence-electron chi connectivity index (χ4n) is 2.64. The molecule has 2 aromatic carbocycles. The van der Waals surface area contributed by atoms with Crippen LogP contribution in [0.5, 0.6) is 0 Å². The van der Waals surface area contributed by atoms with Crippen LogP contribution in [-0.4, -0.2) is 17.6 Å². The number of nitriles is 1. The van der Waals surface area contributed by atoms with E-state index < -0.39 is 5.97 Å². The van der Waals surface area contributed by atoms with Gasteiger partial charge in [-0.2, -0.15) is 5.26 Å². The third kappa shape index (κ3) is 4.58. The number of carboxylic acids is 1. The highest BCUT2D eigenvalue weighted by Crippen LogP contribution is 2.23. The maximum atomic E-state index is 11.0. The van der Waals surface area contributed by atoms with Crippen LogP contribution in [0.25, 0.3) is 0 Å². The Balaban J connectivity index is 2.29. The molecular formula is C19H20N2O2. The van der Waals surface area contributed by atoms with Crippen LogP contribution in [0.4, 0.5) is 5.69 Å². The van der Waals surface area contributed by atoms with Crippen molar-refractivity contribution < 1.29 is 9.90 Å². The molecule has 2 rings (SSSR count). The van der Waals surface area contributed by atoms with Gasteiger partial charge < -0.3 is 10.0 Å². The van der Waals surface area contributed by atoms with Gasteiger partial charge in [0.15, 0.2) is 0 Å². The second-order valence-corrected chi connectivity index (χ2v) is 5.67. The van der Waals surface area contributed by atoms with Crippen LogP contribution >= 0.6 is 0 Å². The molecule has 2 aromatic rings. The number of benzene rings is 2. The predicted molar refractivity (Wildman–Crippen MR) is 90.4 cm³/mol. The van der Waals surface area contributed by atoms with Crippen molar-refractivity contribution in [1.82, 2.24) is 0 Å². The van der Waals surface area contributed by atoms with E-state index in [2.05, 4.69) is 17.0 Å². The summed E-state index contributed by atoms with van der Waals surface area (Å²) in [4.78, 5) is 13.0. The highest BCUT2D eigenvalue weighted by molar-refractivity contribution is 5.68. The Hall–Kier alpha value is -2.80. The lowest BCUT2D eigenvalue weighted by molar-refractivity contribution is -0.136. The van der Waals surface area contributed by atoms with Gasteiger partial charge in [-0.25, -0.2) is 0 Å². The minimum Gasteiger partial charge on any atom is -0.481 e. The molecule has 0 radical (unpaired) electrons. The minimum atomic E-state index is -0.814. The minimum absolute atomic E-state index is 0.0747. The first-order chi connectivity index (χ1) is 11.0. The zero-order chi connectivity index (χ0) is 16.8. The molecule has 23 heavy (non-hydrogen) atoms. The Morgan fingerprint density at radius 1 is 1.22 bits per heavy atom. The van der Waals surface area contributed by atoms with Crippen molar-refractivity contribution in [2.45, 2.75) is 26.8 Å². The first kappa shape index (κ1) is 16.6. The maximum absolute atomic E-state index is 11.0. The molecule has 4 nitrogen and oxygen atoms in total. The van der Waals surface area contributed by atoms with E-state index in [1.54, 1.807) is 6.07 Å². The van der Waals surface area contributed by atoms with Crippen molar-refractivity contribution in [3.05, 3.63) is 64.7 Å². The van der Waals surface area contributed by atoms with Gasteiger partial charge >= 0.3 is 5.97 Å². The molecule has 0 saturated heterocycles. The summed E-state index contributed by atoms with van der Waals surface area (Å²) in [5.41, 5.74) is 4.93. The summed E-state index contributed by atoms with van der Waals surface area (Å²) in [7, 11) is 0. The second-order valence-electron chi connectivity index (χ2n) is 5.67. The van der Waals surface area contributed by atoms with Gasteiger partial charge in [0.1, 0.15) is 0 Å². The van der Waals surface area contributed by atoms with E-state index in [0.717, 1.165) is 16.8 Å². The van der Waals surface area contributed by atoms with Crippen molar-refractivity contribution in [3.8, 4) is 6.07 Å². The first-order valence-corrected chi connectivity index (χ1v) is 7.52. The number of hydrogen-bond acceptors (Lipinski definition) is 3. The lowest BCUT2D eigenvalue weighted by Gasteiger charge is -2.26. The third-order valence-electron chi connectivity index (χ3n) is 3.72. The van der Waals surface area contributed by atoms with E-state index in [9.17, 15) is 4.79 Å². The summed E-state index contributed by atoms with van der Waals surface area (Å²) in [6.07, 6.45) is 0.0747. The monoisotopic (exact) mass is 308 g/mol. The molecule has 4 heteroatoms. The molecule has 0 fully saturated rings. The topological polar surface area (TPSA) is 64.3 Å². The van der Waals surface area contributed by atoms with Crippen molar-refractivity contribution in [3.63, 3.8) is 0 Å². The molecule has 0 bridgehead atoms. The summed E-state index contributed by atoms with van der Waals surface area (Å²) >= 11 is 0. The Morgan fingerprint density at radius 3 is 2.65 bits per heavy atom. The normalized spacial score (nSPS) is 10.1. The molecule has 0 aliphatic carbocycles. The molecule has 0 aliphatic heterocycles. The summed E-state index contributed by atoms with van der Waals surface area (Å²) in [6.45, 7) is 5.07. The third-order valence-corrected chi connectivity index (χ3v) is 3.72. The molecule has 118 valence electrons. The van der Waals surface area contributed by atoms with Crippen molar-refractivity contribution in [2.75, 3.05) is 11.4 Å². The molecule has 0 saturated carbocycles. The summed E-state index contributed by atoms with van der Waals surface area (Å²) < 4.78 is 0. The number of aryl methyl sites for hydroxylation is 2. The first-order valence-electron chi connectivity index (χ1n) is 7.52. The quantitative estimate of drug-likeness (QED) is 0.884. The second kappa shape index (κ2) is 7.46. The van der Waals surface area contributed by atoms with Crippen LogP contribution < -0.4 is 4.90 Å². The molecule has 0 atom stereocenters. The summed E-state index contributed by atoms with van der Waals surface area (Å²) in [6, 6.07) is 15.7. The van der Waals surface area contributed by atoms with Crippen LogP contribution in [0.15, 0.2) is 42.5 Å². The van der Waals surface area contributed by atoms with E-state index >= 15 is 0 Å². The largest absolute Gasteiger partial charge is 0.481 e. The maximum Gasteiger partial charge on any atom is 0.305 e. The van der Waals surface area contributed by atoms with Crippen molar-refractivity contribution in [2.24, 2.45) is 0 Å². The van der Waals surface area contributed by atoms with Gasteiger partial charge in [-0.05, 0) is 43.2 Å². The van der Waals surface area contributed by atoms with Crippen LogP contribution in [0.2, 0.25) is 0 Å². The van der Waals surface area contributed by atoms with E-state index in [1.807, 2.05) is 44.2 Å². The zero-order valence-corrected chi connectivity index (χ0v) is 13.4. The van der Waals surface area contributed by atoms with Crippen molar-refractivity contribution >= 4 is 11.7 Å². The van der Waals surface area contributed by atoms with Gasteiger partial charge in [-0.3, -0.25) is 4.79 Å². The standard InChI is InChI=1S/C19H20N2O2/c1-14-6-7-18(15(2)10-14)21(9-8-19(22)23)13-17-5-3-4-16(11-17)12-20/h3-7,10-11H,8-9,13H2,1-2H3,(H,22,23). The molecule has 0 heterocycles. The smallest absolute Gasteiger partial charge is 0.305 e. The highest BCUT2D eigenvalue weighted by atomic mass is 16.4. The fourth-order valence-corrected chi connectivity index (χ4v) is 2.64. The van der Waals surface area contributed by atoms with Gasteiger partial charge in [0.2, 0.25) is 0 Å². The predicted octanol–water partition coefficient (Wildman–Crippen LogP) is 3.66. The van der Waals surface area contributed by atoms with Gasteiger partial charge in [0.25, 0.3) is 0 Å². The Bertz CT molecular complexity index is 747. The van der Waals surface area contributed by atoms with Crippen LogP contribution in [-0.2, 0) is 11.3 Å². The number of aliphatic carboxylic acids is 1. The van der Waals surface area contributed by atoms with Gasteiger partial charge in [0.05, 0.1) is 18.1 Å². The van der Waals surface area contributed by atoms with E-state index in [4.69, 9.17) is 10.4 Å². The van der Waals surface area contributed by atoms with Crippen LogP contribution in [0.3, 0.4) is 0 Å². The van der Waals surface area contributed by atoms with E-state index in [-0.39, 0.29) is 6.42 Å². The van der Waals surface area contributed by atoms with E-state index in [1.165, 1.54) is 5.56 Å². The number of carbonyl (C=O) groups is 1. The van der Waals surface area contributed by atoms with Crippen LogP contribution in [0.1, 0.15) is 28.7 Å². The van der Waals surface area contributed by atoms with Crippen LogP contribution in [0, 0.1) is 25.2 Å². The number of hydrogen-bond donors (Lipinski definition) is 1. The summed E-state index contributed by atoms with van der Waals surface area (Å²) in [5, 5.41) is 18.0. The molecule has 0 aromatic heterocycles. The van der Waals surface area contributed by atoms with Gasteiger partial charge in [-0.1, -0.05) is 29.8 Å². The Morgan fingerprint density at radius 2 is 2.00 bits per heavy atom. The molecule has 1 N–H and O–H groups in total. The number of carboxylic acid groups (broad SMARTS) is 1. The molecule has 0 unspecified atom stereocenters. The molecular weight excluding hydrogens is 288 g/mol. The zero-order valence-electron chi connectivity index (χ0n) is 13.4. The average molecular weight is 308 g/mol. The van der Waals surface area contributed by atoms with E-state index in [0.29, 0.717) is 18.7 Å².